The average Bonchev–Trinajstić information content (AvgIpc) is 2.96. The molecule has 0 heterocycles. The van der Waals surface area contributed by atoms with Crippen LogP contribution in [0.25, 0.3) is 11.1 Å². The molecule has 1 fully saturated rings. The van der Waals surface area contributed by atoms with Crippen LogP contribution in [0, 0.1) is 12.8 Å². The zero-order valence-electron chi connectivity index (χ0n) is 24.5. The molecule has 0 radical (unpaired) electrons. The van der Waals surface area contributed by atoms with Crippen LogP contribution in [-0.4, -0.2) is 73.2 Å². The summed E-state index contributed by atoms with van der Waals surface area (Å²) in [7, 11) is 0. The van der Waals surface area contributed by atoms with Crippen LogP contribution in [0.1, 0.15) is 86.2 Å². The summed E-state index contributed by atoms with van der Waals surface area (Å²) in [6.07, 6.45) is 12.0. The number of hydrogen-bond donors (Lipinski definition) is 2. The standard InChI is InChI=1S/C33H47NO5S.Li.H/c1-4-5-18-38-23-27(20-25-12-7-6-8-13-25)39-22-26-15-16-29(30(21-26)28-14-10-9-11-24(28)2)32(35)34-31(33(36)37)17-19-40-3;;/h9-11,14-16,21,25,27,31H,4-8,12-13,17-20,22-23H2,1-3H3,(H,34,35)(H,36,37);;. The fourth-order valence-corrected chi connectivity index (χ4v) is 5.83. The van der Waals surface area contributed by atoms with Crippen LogP contribution in [0.2, 0.25) is 0 Å². The number of nitrogens with one attached hydrogen (secondary N) is 1. The number of amides is 1. The molecule has 2 N–H and O–H groups in total. The Hall–Kier alpha value is -1.75. The molecule has 1 aliphatic rings. The van der Waals surface area contributed by atoms with Gasteiger partial charge in [0.1, 0.15) is 6.04 Å². The van der Waals surface area contributed by atoms with Gasteiger partial charge in [0, 0.05) is 12.2 Å². The number of benzene rings is 2. The van der Waals surface area contributed by atoms with Crippen molar-refractivity contribution >= 4 is 42.5 Å². The number of carbonyl (C=O) groups excluding carboxylic acids is 1. The summed E-state index contributed by atoms with van der Waals surface area (Å²) in [4.78, 5) is 25.2. The van der Waals surface area contributed by atoms with Crippen molar-refractivity contribution in [2.75, 3.05) is 25.2 Å². The number of rotatable bonds is 17. The molecule has 8 heteroatoms. The van der Waals surface area contributed by atoms with Gasteiger partial charge in [-0.25, -0.2) is 4.79 Å². The number of aryl methyl sites for hydroxylation is 1. The van der Waals surface area contributed by atoms with Gasteiger partial charge < -0.3 is 19.9 Å². The van der Waals surface area contributed by atoms with Crippen LogP contribution in [-0.2, 0) is 20.9 Å². The van der Waals surface area contributed by atoms with E-state index in [1.54, 1.807) is 17.8 Å². The predicted molar refractivity (Wildman–Crippen MR) is 171 cm³/mol. The van der Waals surface area contributed by atoms with Crippen molar-refractivity contribution in [3.8, 4) is 11.1 Å². The summed E-state index contributed by atoms with van der Waals surface area (Å²) in [5.41, 5.74) is 4.23. The second-order valence-electron chi connectivity index (χ2n) is 10.9. The quantitative estimate of drug-likeness (QED) is 0.162. The molecule has 41 heavy (non-hydrogen) atoms. The van der Waals surface area contributed by atoms with Crippen molar-refractivity contribution in [3.63, 3.8) is 0 Å². The fraction of sp³-hybridized carbons (Fsp3) is 0.576. The SMILES string of the molecule is CCCCOCC(CC1CCCCC1)OCc1ccc(C(=O)NC(CCSC)C(=O)O)c(-c2ccccc2C)c1.[LiH]. The zero-order valence-corrected chi connectivity index (χ0v) is 25.3. The minimum absolute atomic E-state index is 0. The third-order valence-electron chi connectivity index (χ3n) is 7.73. The topological polar surface area (TPSA) is 84.9 Å². The molecule has 2 aromatic rings. The molecule has 0 aromatic heterocycles. The molecule has 1 saturated carbocycles. The Kier molecular flexibility index (Phi) is 16.8. The molecule has 1 aliphatic carbocycles. The first-order valence-electron chi connectivity index (χ1n) is 14.8. The number of carboxylic acid groups (broad SMARTS) is 1. The summed E-state index contributed by atoms with van der Waals surface area (Å²) in [6.45, 7) is 5.99. The third-order valence-corrected chi connectivity index (χ3v) is 8.37. The Morgan fingerprint density at radius 2 is 1.85 bits per heavy atom. The molecule has 0 aliphatic heterocycles. The predicted octanol–water partition coefficient (Wildman–Crippen LogP) is 6.62. The van der Waals surface area contributed by atoms with Crippen LogP contribution in [0.5, 0.6) is 0 Å². The van der Waals surface area contributed by atoms with E-state index in [-0.39, 0.29) is 30.9 Å². The molecule has 2 atom stereocenters. The van der Waals surface area contributed by atoms with Gasteiger partial charge in [-0.05, 0) is 78.5 Å². The Morgan fingerprint density at radius 1 is 1.10 bits per heavy atom. The summed E-state index contributed by atoms with van der Waals surface area (Å²) in [5.74, 6) is -0.0494. The van der Waals surface area contributed by atoms with Gasteiger partial charge in [0.25, 0.3) is 5.91 Å². The minimum atomic E-state index is -1.02. The molecule has 0 saturated heterocycles. The van der Waals surface area contributed by atoms with E-state index in [1.807, 2.05) is 49.6 Å². The molecular formula is C33H48LiNO5S. The van der Waals surface area contributed by atoms with Crippen LogP contribution in [0.3, 0.4) is 0 Å². The van der Waals surface area contributed by atoms with Crippen molar-refractivity contribution in [3.05, 3.63) is 59.2 Å². The maximum absolute atomic E-state index is 13.4. The van der Waals surface area contributed by atoms with E-state index < -0.39 is 12.0 Å². The molecule has 2 aromatic carbocycles. The van der Waals surface area contributed by atoms with Gasteiger partial charge in [-0.3, -0.25) is 4.79 Å². The van der Waals surface area contributed by atoms with Crippen LogP contribution in [0.4, 0.5) is 0 Å². The number of carbonyl (C=O) groups is 2. The van der Waals surface area contributed by atoms with E-state index in [0.29, 0.717) is 36.9 Å². The van der Waals surface area contributed by atoms with E-state index in [9.17, 15) is 14.7 Å². The van der Waals surface area contributed by atoms with Crippen LogP contribution >= 0.6 is 11.8 Å². The zero-order chi connectivity index (χ0) is 28.7. The second kappa shape index (κ2) is 19.4. The van der Waals surface area contributed by atoms with Gasteiger partial charge in [0.15, 0.2) is 0 Å². The monoisotopic (exact) mass is 577 g/mol. The average molecular weight is 578 g/mol. The fourth-order valence-electron chi connectivity index (χ4n) is 5.36. The molecule has 0 spiro atoms. The number of aliphatic carboxylic acids is 1. The van der Waals surface area contributed by atoms with Crippen molar-refractivity contribution < 1.29 is 24.2 Å². The third kappa shape index (κ3) is 11.8. The van der Waals surface area contributed by atoms with Gasteiger partial charge in [-0.2, -0.15) is 11.8 Å². The van der Waals surface area contributed by atoms with Gasteiger partial charge in [0.05, 0.1) is 19.3 Å². The number of ether oxygens (including phenoxy) is 2. The van der Waals surface area contributed by atoms with Crippen molar-refractivity contribution in [1.82, 2.24) is 5.32 Å². The first-order chi connectivity index (χ1) is 19.4. The van der Waals surface area contributed by atoms with Gasteiger partial charge in [-0.1, -0.05) is 75.8 Å². The summed E-state index contributed by atoms with van der Waals surface area (Å²) in [5, 5.41) is 12.4. The van der Waals surface area contributed by atoms with E-state index >= 15 is 0 Å². The first-order valence-corrected chi connectivity index (χ1v) is 16.2. The molecule has 0 bridgehead atoms. The van der Waals surface area contributed by atoms with Gasteiger partial charge in [0.2, 0.25) is 0 Å². The Bertz CT molecular complexity index is 1080. The summed E-state index contributed by atoms with van der Waals surface area (Å²) in [6, 6.07) is 12.8. The number of unbranched alkanes of at least 4 members (excludes halogenated alkanes) is 1. The molecule has 1 amide bonds. The van der Waals surface area contributed by atoms with E-state index in [4.69, 9.17) is 9.47 Å². The molecular weight excluding hydrogens is 529 g/mol. The number of carboxylic acids is 1. The molecule has 2 unspecified atom stereocenters. The molecule has 222 valence electrons. The van der Waals surface area contributed by atoms with Crippen LogP contribution < -0.4 is 5.32 Å². The Labute approximate surface area is 262 Å². The normalized spacial score (nSPS) is 15.1. The Balaban J connectivity index is 0.00000588. The summed E-state index contributed by atoms with van der Waals surface area (Å²) < 4.78 is 12.4. The van der Waals surface area contributed by atoms with Crippen molar-refractivity contribution in [2.45, 2.75) is 90.4 Å². The van der Waals surface area contributed by atoms with Gasteiger partial charge >= 0.3 is 24.8 Å². The van der Waals surface area contributed by atoms with E-state index in [2.05, 4.69) is 12.2 Å². The van der Waals surface area contributed by atoms with Crippen molar-refractivity contribution in [2.24, 2.45) is 5.92 Å². The first kappa shape index (κ1) is 35.4. The maximum atomic E-state index is 13.4. The van der Waals surface area contributed by atoms with E-state index in [0.717, 1.165) is 48.1 Å². The van der Waals surface area contributed by atoms with Gasteiger partial charge in [-0.15, -0.1) is 0 Å². The van der Waals surface area contributed by atoms with Crippen molar-refractivity contribution in [1.29, 1.82) is 0 Å². The van der Waals surface area contributed by atoms with E-state index in [1.165, 1.54) is 32.1 Å². The van der Waals surface area contributed by atoms with Crippen LogP contribution in [0.15, 0.2) is 42.5 Å². The molecule has 3 rings (SSSR count). The summed E-state index contributed by atoms with van der Waals surface area (Å²) >= 11 is 1.56. The second-order valence-corrected chi connectivity index (χ2v) is 11.9. The number of hydrogen-bond acceptors (Lipinski definition) is 5. The Morgan fingerprint density at radius 3 is 2.54 bits per heavy atom. The number of thioether (sulfide) groups is 1. The molecule has 6 nitrogen and oxygen atoms in total.